The smallest absolute Gasteiger partial charge is 0.110 e. The van der Waals surface area contributed by atoms with E-state index in [1.807, 2.05) is 17.5 Å². The molecule has 112 valence electrons. The fraction of sp³-hybridized carbons (Fsp3) is 0.812. The van der Waals surface area contributed by atoms with Gasteiger partial charge < -0.3 is 5.32 Å². The monoisotopic (exact) mass is 293 g/mol. The van der Waals surface area contributed by atoms with Gasteiger partial charge in [-0.2, -0.15) is 0 Å². The van der Waals surface area contributed by atoms with Crippen LogP contribution in [0.15, 0.2) is 11.6 Å². The number of hydrogen-bond donors (Lipinski definition) is 1. The van der Waals surface area contributed by atoms with Crippen molar-refractivity contribution in [2.75, 3.05) is 19.6 Å². The Morgan fingerprint density at radius 3 is 2.90 bits per heavy atom. The summed E-state index contributed by atoms with van der Waals surface area (Å²) in [6, 6.07) is 0.522. The molecule has 0 aromatic carbocycles. The van der Waals surface area contributed by atoms with Crippen LogP contribution in [0.1, 0.15) is 62.9 Å². The van der Waals surface area contributed by atoms with Gasteiger partial charge in [-0.3, -0.25) is 4.90 Å². The second-order valence-corrected chi connectivity index (χ2v) is 7.31. The van der Waals surface area contributed by atoms with Crippen molar-refractivity contribution in [1.29, 1.82) is 0 Å². The molecule has 1 aromatic rings. The van der Waals surface area contributed by atoms with Gasteiger partial charge in [0.1, 0.15) is 5.01 Å². The first kappa shape index (κ1) is 14.5. The molecule has 2 heterocycles. The van der Waals surface area contributed by atoms with E-state index in [4.69, 9.17) is 0 Å². The summed E-state index contributed by atoms with van der Waals surface area (Å²) >= 11 is 1.82. The fourth-order valence-corrected chi connectivity index (χ4v) is 4.83. The lowest BCUT2D eigenvalue weighted by Crippen LogP contribution is -2.53. The first-order valence-corrected chi connectivity index (χ1v) is 9.09. The number of nitrogens with zero attached hydrogens (tertiary/aromatic N) is 2. The molecule has 1 saturated heterocycles. The van der Waals surface area contributed by atoms with Crippen molar-refractivity contribution in [3.8, 4) is 0 Å². The van der Waals surface area contributed by atoms with E-state index in [1.165, 1.54) is 69.6 Å². The summed E-state index contributed by atoms with van der Waals surface area (Å²) in [6.07, 6.45) is 11.3. The summed E-state index contributed by atoms with van der Waals surface area (Å²) in [4.78, 5) is 7.30. The van der Waals surface area contributed by atoms with Gasteiger partial charge in [0, 0.05) is 30.2 Å². The van der Waals surface area contributed by atoms with Crippen LogP contribution in [0.4, 0.5) is 0 Å². The number of aromatic nitrogens is 1. The molecule has 1 unspecified atom stereocenters. The fourth-order valence-electron chi connectivity index (χ4n) is 3.98. The van der Waals surface area contributed by atoms with Crippen molar-refractivity contribution in [1.82, 2.24) is 15.2 Å². The number of thiazole rings is 1. The highest BCUT2D eigenvalue weighted by Gasteiger charge is 2.37. The number of rotatable bonds is 3. The van der Waals surface area contributed by atoms with E-state index in [-0.39, 0.29) is 0 Å². The Morgan fingerprint density at radius 1 is 1.35 bits per heavy atom. The van der Waals surface area contributed by atoms with Crippen LogP contribution < -0.4 is 5.32 Å². The summed E-state index contributed by atoms with van der Waals surface area (Å²) < 4.78 is 0. The van der Waals surface area contributed by atoms with Crippen LogP contribution in [-0.4, -0.2) is 35.1 Å². The molecule has 2 fully saturated rings. The van der Waals surface area contributed by atoms with Gasteiger partial charge in [0.15, 0.2) is 0 Å². The maximum Gasteiger partial charge on any atom is 0.110 e. The zero-order chi connectivity index (χ0) is 13.8. The molecule has 0 amide bonds. The first-order chi connectivity index (χ1) is 9.83. The zero-order valence-corrected chi connectivity index (χ0v) is 13.4. The zero-order valence-electron chi connectivity index (χ0n) is 12.6. The molecule has 2 aliphatic rings. The van der Waals surface area contributed by atoms with Crippen molar-refractivity contribution < 1.29 is 0 Å². The number of hydrogen-bond acceptors (Lipinski definition) is 4. The van der Waals surface area contributed by atoms with E-state index in [9.17, 15) is 0 Å². The molecule has 1 spiro atoms. The highest BCUT2D eigenvalue weighted by molar-refractivity contribution is 7.09. The maximum absolute atomic E-state index is 4.58. The summed E-state index contributed by atoms with van der Waals surface area (Å²) in [5, 5.41) is 7.31. The summed E-state index contributed by atoms with van der Waals surface area (Å²) in [7, 11) is 0. The van der Waals surface area contributed by atoms with E-state index in [0.29, 0.717) is 11.6 Å². The van der Waals surface area contributed by atoms with Crippen LogP contribution in [0, 0.1) is 0 Å². The Morgan fingerprint density at radius 2 is 2.20 bits per heavy atom. The van der Waals surface area contributed by atoms with Crippen molar-refractivity contribution >= 4 is 11.3 Å². The number of nitrogens with one attached hydrogen (secondary N) is 1. The molecule has 3 rings (SSSR count). The third kappa shape index (κ3) is 3.07. The molecule has 4 heteroatoms. The minimum absolute atomic E-state index is 0.388. The first-order valence-electron chi connectivity index (χ1n) is 8.21. The topological polar surface area (TPSA) is 28.2 Å². The third-order valence-corrected chi connectivity index (χ3v) is 5.88. The molecule has 1 N–H and O–H groups in total. The van der Waals surface area contributed by atoms with Gasteiger partial charge in [-0.15, -0.1) is 11.3 Å². The van der Waals surface area contributed by atoms with Crippen LogP contribution in [0.2, 0.25) is 0 Å². The van der Waals surface area contributed by atoms with E-state index in [1.54, 1.807) is 0 Å². The normalized spacial score (nSPS) is 25.4. The highest BCUT2D eigenvalue weighted by atomic mass is 32.1. The van der Waals surface area contributed by atoms with Crippen molar-refractivity contribution in [2.24, 2.45) is 0 Å². The van der Waals surface area contributed by atoms with E-state index >= 15 is 0 Å². The van der Waals surface area contributed by atoms with Crippen LogP contribution >= 0.6 is 11.3 Å². The molecule has 1 atom stereocenters. The Kier molecular flexibility index (Phi) is 4.74. The minimum Gasteiger partial charge on any atom is -0.310 e. The Hall–Kier alpha value is -0.450. The quantitative estimate of drug-likeness (QED) is 0.923. The molecule has 1 aromatic heterocycles. The van der Waals surface area contributed by atoms with Crippen LogP contribution in [-0.2, 0) is 0 Å². The van der Waals surface area contributed by atoms with Crippen LogP contribution in [0.3, 0.4) is 0 Å². The van der Waals surface area contributed by atoms with Gasteiger partial charge in [-0.25, -0.2) is 4.98 Å². The molecule has 0 radical (unpaired) electrons. The average Bonchev–Trinajstić information content (AvgIpc) is 2.92. The van der Waals surface area contributed by atoms with Gasteiger partial charge in [-0.1, -0.05) is 26.2 Å². The van der Waals surface area contributed by atoms with Crippen LogP contribution in [0.25, 0.3) is 0 Å². The average molecular weight is 293 g/mol. The van der Waals surface area contributed by atoms with Crippen molar-refractivity contribution in [3.05, 3.63) is 16.6 Å². The predicted molar refractivity (Wildman–Crippen MR) is 85.2 cm³/mol. The molecule has 1 aliphatic heterocycles. The van der Waals surface area contributed by atoms with Gasteiger partial charge in [0.05, 0.1) is 6.04 Å². The van der Waals surface area contributed by atoms with Gasteiger partial charge in [0.25, 0.3) is 0 Å². The molecular formula is C16H27N3S. The largest absolute Gasteiger partial charge is 0.310 e. The lowest BCUT2D eigenvalue weighted by Gasteiger charge is -2.41. The standard InChI is InChI=1S/C16H27N3S/c1-2-14(15-17-10-12-20-15)19-11-6-9-18-16(13-19)7-4-3-5-8-16/h10,12,14,18H,2-9,11,13H2,1H3. The highest BCUT2D eigenvalue weighted by Crippen LogP contribution is 2.34. The Balaban J connectivity index is 1.77. The van der Waals surface area contributed by atoms with Crippen molar-refractivity contribution in [3.63, 3.8) is 0 Å². The SMILES string of the molecule is CCC(c1nccs1)N1CCCNC2(CCCCC2)C1. The molecule has 1 saturated carbocycles. The van der Waals surface area contributed by atoms with E-state index in [2.05, 4.69) is 27.5 Å². The molecule has 0 bridgehead atoms. The van der Waals surface area contributed by atoms with Gasteiger partial charge in [0.2, 0.25) is 0 Å². The lowest BCUT2D eigenvalue weighted by atomic mass is 9.81. The van der Waals surface area contributed by atoms with E-state index in [0.717, 1.165) is 0 Å². The maximum atomic E-state index is 4.58. The lowest BCUT2D eigenvalue weighted by molar-refractivity contribution is 0.124. The summed E-state index contributed by atoms with van der Waals surface area (Å²) in [6.45, 7) is 5.92. The molecular weight excluding hydrogens is 266 g/mol. The second kappa shape index (κ2) is 6.54. The van der Waals surface area contributed by atoms with Crippen molar-refractivity contribution in [2.45, 2.75) is 63.5 Å². The Bertz CT molecular complexity index is 398. The minimum atomic E-state index is 0.388. The second-order valence-electron chi connectivity index (χ2n) is 6.39. The molecule has 1 aliphatic carbocycles. The van der Waals surface area contributed by atoms with Gasteiger partial charge >= 0.3 is 0 Å². The summed E-state index contributed by atoms with van der Waals surface area (Å²) in [5.74, 6) is 0. The molecule has 3 nitrogen and oxygen atoms in total. The summed E-state index contributed by atoms with van der Waals surface area (Å²) in [5.41, 5.74) is 0.388. The Labute approximate surface area is 126 Å². The third-order valence-electron chi connectivity index (χ3n) is 5.00. The predicted octanol–water partition coefficient (Wildman–Crippen LogP) is 3.59. The van der Waals surface area contributed by atoms with E-state index < -0.39 is 0 Å². The molecule has 20 heavy (non-hydrogen) atoms. The van der Waals surface area contributed by atoms with Gasteiger partial charge in [-0.05, 0) is 32.2 Å². The van der Waals surface area contributed by atoms with Crippen LogP contribution in [0.5, 0.6) is 0 Å².